The number of likely N-dealkylation sites (tertiary alicyclic amines) is 1. The Labute approximate surface area is 198 Å². The Morgan fingerprint density at radius 2 is 1.59 bits per heavy atom. The van der Waals surface area contributed by atoms with Gasteiger partial charge in [0, 0.05) is 31.5 Å². The van der Waals surface area contributed by atoms with Crippen LogP contribution in [-0.4, -0.2) is 60.0 Å². The summed E-state index contributed by atoms with van der Waals surface area (Å²) in [6.45, 7) is 5.74. The van der Waals surface area contributed by atoms with Gasteiger partial charge in [-0.2, -0.15) is 0 Å². The number of hydrogen-bond donors (Lipinski definition) is 2. The third-order valence-electron chi connectivity index (χ3n) is 6.26. The first-order valence-corrected chi connectivity index (χ1v) is 11.4. The average molecular weight is 467 g/mol. The van der Waals surface area contributed by atoms with Crippen LogP contribution in [0.25, 0.3) is 11.1 Å². The maximum atomic E-state index is 12.9. The molecule has 0 unspecified atom stereocenters. The maximum Gasteiger partial charge on any atom is 0.409 e. The lowest BCUT2D eigenvalue weighted by Gasteiger charge is -2.21. The summed E-state index contributed by atoms with van der Waals surface area (Å²) in [5, 5.41) is 12.3. The summed E-state index contributed by atoms with van der Waals surface area (Å²) >= 11 is 0. The van der Waals surface area contributed by atoms with Gasteiger partial charge in [0.2, 0.25) is 0 Å². The molecule has 34 heavy (non-hydrogen) atoms. The minimum Gasteiger partial charge on any atom is -0.481 e. The molecule has 0 aromatic heterocycles. The molecular weight excluding hydrogens is 436 g/mol. The number of hydrogen-bond acceptors (Lipinski definition) is 5. The first kappa shape index (κ1) is 23.6. The van der Waals surface area contributed by atoms with Crippen molar-refractivity contribution in [1.29, 1.82) is 0 Å². The fourth-order valence-electron chi connectivity index (χ4n) is 4.72. The molecule has 1 aliphatic carbocycles. The molecule has 2 aromatic carbocycles. The number of benzene rings is 2. The van der Waals surface area contributed by atoms with Crippen LogP contribution in [0.2, 0.25) is 0 Å². The molecule has 0 bridgehead atoms. The molecule has 8 nitrogen and oxygen atoms in total. The number of carbonyl (C=O) groups excluding carboxylic acids is 2. The summed E-state index contributed by atoms with van der Waals surface area (Å²) in [6, 6.07) is 16.1. The monoisotopic (exact) mass is 466 g/mol. The quantitative estimate of drug-likeness (QED) is 0.688. The van der Waals surface area contributed by atoms with Gasteiger partial charge in [-0.05, 0) is 43.0 Å². The Kier molecular flexibility index (Phi) is 6.50. The third kappa shape index (κ3) is 5.00. The van der Waals surface area contributed by atoms with Crippen LogP contribution in [0.3, 0.4) is 0 Å². The molecule has 2 atom stereocenters. The van der Waals surface area contributed by atoms with Crippen molar-refractivity contribution in [2.24, 2.45) is 11.8 Å². The summed E-state index contributed by atoms with van der Waals surface area (Å²) in [5.74, 6) is -2.32. The van der Waals surface area contributed by atoms with Crippen molar-refractivity contribution in [3.05, 3.63) is 59.7 Å². The first-order valence-electron chi connectivity index (χ1n) is 11.4. The van der Waals surface area contributed by atoms with E-state index < -0.39 is 35.6 Å². The smallest absolute Gasteiger partial charge is 0.409 e. The molecule has 4 rings (SSSR count). The minimum atomic E-state index is -1.01. The lowest BCUT2D eigenvalue weighted by atomic mass is 9.96. The van der Waals surface area contributed by atoms with E-state index in [0.29, 0.717) is 0 Å². The van der Waals surface area contributed by atoms with E-state index in [1.54, 1.807) is 20.8 Å². The molecule has 1 heterocycles. The van der Waals surface area contributed by atoms with Crippen molar-refractivity contribution in [2.75, 3.05) is 26.2 Å². The number of nitrogens with zero attached hydrogens (tertiary/aromatic N) is 1. The fourth-order valence-corrected chi connectivity index (χ4v) is 4.72. The van der Waals surface area contributed by atoms with Crippen molar-refractivity contribution in [3.8, 4) is 11.1 Å². The second-order valence-corrected chi connectivity index (χ2v) is 9.80. The van der Waals surface area contributed by atoms with E-state index in [0.717, 1.165) is 22.3 Å². The lowest BCUT2D eigenvalue weighted by molar-refractivity contribution is -0.142. The Balaban J connectivity index is 1.38. The van der Waals surface area contributed by atoms with Crippen LogP contribution in [0.1, 0.15) is 37.8 Å². The molecule has 0 radical (unpaired) electrons. The molecule has 2 amide bonds. The Morgan fingerprint density at radius 1 is 1.00 bits per heavy atom. The molecule has 8 heteroatoms. The molecular formula is C26H30N2O6. The number of carboxylic acids is 1. The van der Waals surface area contributed by atoms with E-state index in [9.17, 15) is 19.5 Å². The number of amides is 2. The topological polar surface area (TPSA) is 105 Å². The van der Waals surface area contributed by atoms with Crippen molar-refractivity contribution >= 4 is 18.2 Å². The number of nitrogens with one attached hydrogen (secondary N) is 1. The summed E-state index contributed by atoms with van der Waals surface area (Å²) in [6.07, 6.45) is -1.16. The number of ether oxygens (including phenoxy) is 2. The Morgan fingerprint density at radius 3 is 2.15 bits per heavy atom. The number of carbonyl (C=O) groups is 3. The summed E-state index contributed by atoms with van der Waals surface area (Å²) in [5.41, 5.74) is 3.85. The van der Waals surface area contributed by atoms with Crippen LogP contribution < -0.4 is 5.32 Å². The van der Waals surface area contributed by atoms with Crippen LogP contribution in [0.15, 0.2) is 48.5 Å². The van der Waals surface area contributed by atoms with Crippen LogP contribution in [-0.2, 0) is 14.3 Å². The second kappa shape index (κ2) is 9.37. The van der Waals surface area contributed by atoms with Crippen LogP contribution in [0, 0.1) is 11.8 Å². The van der Waals surface area contributed by atoms with Crippen LogP contribution in [0.4, 0.5) is 9.59 Å². The van der Waals surface area contributed by atoms with E-state index in [1.807, 2.05) is 36.4 Å². The highest BCUT2D eigenvalue weighted by atomic mass is 16.6. The van der Waals surface area contributed by atoms with Gasteiger partial charge in [0.15, 0.2) is 0 Å². The van der Waals surface area contributed by atoms with Gasteiger partial charge < -0.3 is 24.8 Å². The van der Waals surface area contributed by atoms with Gasteiger partial charge >= 0.3 is 18.2 Å². The van der Waals surface area contributed by atoms with Gasteiger partial charge in [0.25, 0.3) is 0 Å². The van der Waals surface area contributed by atoms with E-state index in [1.165, 1.54) is 4.90 Å². The number of fused-ring (bicyclic) bond motifs is 3. The molecule has 2 aliphatic rings. The molecule has 1 fully saturated rings. The molecule has 1 aliphatic heterocycles. The van der Waals surface area contributed by atoms with E-state index >= 15 is 0 Å². The van der Waals surface area contributed by atoms with E-state index in [2.05, 4.69) is 17.4 Å². The molecule has 2 aromatic rings. The van der Waals surface area contributed by atoms with Crippen molar-refractivity contribution < 1.29 is 29.0 Å². The Bertz CT molecular complexity index is 1050. The van der Waals surface area contributed by atoms with Gasteiger partial charge in [0.05, 0.1) is 5.92 Å². The highest BCUT2D eigenvalue weighted by Crippen LogP contribution is 2.44. The summed E-state index contributed by atoms with van der Waals surface area (Å²) < 4.78 is 10.9. The number of aliphatic carboxylic acids is 1. The van der Waals surface area contributed by atoms with Crippen LogP contribution >= 0.6 is 0 Å². The number of rotatable bonds is 5. The van der Waals surface area contributed by atoms with Gasteiger partial charge in [-0.15, -0.1) is 0 Å². The van der Waals surface area contributed by atoms with E-state index in [4.69, 9.17) is 9.47 Å². The maximum absolute atomic E-state index is 12.9. The SMILES string of the molecule is CC(C)(C)OC(=O)NC[C@@H]1CN(C(=O)OCC2c3ccccc3-c3ccccc32)C[C@H]1C(=O)O. The standard InChI is InChI=1S/C26H30N2O6/c1-26(2,3)34-24(31)27-12-16-13-28(14-21(16)23(29)30)25(32)33-15-22-19-10-6-4-8-17(19)18-9-5-7-11-20(18)22/h4-11,16,21-22H,12-15H2,1-3H3,(H,27,31)(H,29,30)/t16-,21-/m1/s1. The fraction of sp³-hybridized carbons (Fsp3) is 0.423. The molecule has 0 saturated carbocycles. The summed E-state index contributed by atoms with van der Waals surface area (Å²) in [7, 11) is 0. The van der Waals surface area contributed by atoms with Gasteiger partial charge in [-0.3, -0.25) is 4.79 Å². The molecule has 180 valence electrons. The highest BCUT2D eigenvalue weighted by Gasteiger charge is 2.41. The number of carboxylic acid groups (broad SMARTS) is 1. The Hall–Kier alpha value is -3.55. The van der Waals surface area contributed by atoms with Crippen molar-refractivity contribution in [3.63, 3.8) is 0 Å². The molecule has 0 spiro atoms. The third-order valence-corrected chi connectivity index (χ3v) is 6.26. The van der Waals surface area contributed by atoms with Gasteiger partial charge in [-0.25, -0.2) is 9.59 Å². The first-order chi connectivity index (χ1) is 16.1. The average Bonchev–Trinajstić information content (AvgIpc) is 3.35. The van der Waals surface area contributed by atoms with Crippen molar-refractivity contribution in [1.82, 2.24) is 10.2 Å². The molecule has 1 saturated heterocycles. The predicted octanol–water partition coefficient (Wildman–Crippen LogP) is 4.09. The second-order valence-electron chi connectivity index (χ2n) is 9.80. The lowest BCUT2D eigenvalue weighted by Crippen LogP contribution is -2.38. The van der Waals surface area contributed by atoms with Crippen LogP contribution in [0.5, 0.6) is 0 Å². The zero-order valence-corrected chi connectivity index (χ0v) is 19.6. The highest BCUT2D eigenvalue weighted by molar-refractivity contribution is 5.79. The predicted molar refractivity (Wildman–Crippen MR) is 125 cm³/mol. The zero-order valence-electron chi connectivity index (χ0n) is 19.6. The van der Waals surface area contributed by atoms with Gasteiger partial charge in [-0.1, -0.05) is 48.5 Å². The normalized spacial score (nSPS) is 19.3. The minimum absolute atomic E-state index is 0.0344. The molecule has 2 N–H and O–H groups in total. The number of alkyl carbamates (subject to hydrolysis) is 1. The zero-order chi connectivity index (χ0) is 24.5. The van der Waals surface area contributed by atoms with Gasteiger partial charge in [0.1, 0.15) is 12.2 Å². The summed E-state index contributed by atoms with van der Waals surface area (Å²) in [4.78, 5) is 38.0. The largest absolute Gasteiger partial charge is 0.481 e. The van der Waals surface area contributed by atoms with Crippen molar-refractivity contribution in [2.45, 2.75) is 32.3 Å². The van der Waals surface area contributed by atoms with E-state index in [-0.39, 0.29) is 32.2 Å².